The van der Waals surface area contributed by atoms with E-state index in [1.165, 1.54) is 18.1 Å². The molecule has 2 aliphatic heterocycles. The topological polar surface area (TPSA) is 126 Å². The summed E-state index contributed by atoms with van der Waals surface area (Å²) in [5.74, 6) is 2.18. The molecule has 0 saturated carbocycles. The first-order valence-corrected chi connectivity index (χ1v) is 15.2. The van der Waals surface area contributed by atoms with E-state index in [0.717, 1.165) is 24.5 Å². The van der Waals surface area contributed by atoms with Crippen molar-refractivity contribution in [1.29, 1.82) is 0 Å². The van der Waals surface area contributed by atoms with E-state index in [9.17, 15) is 14.4 Å². The number of benzene rings is 2. The van der Waals surface area contributed by atoms with Crippen molar-refractivity contribution >= 4 is 46.6 Å². The summed E-state index contributed by atoms with van der Waals surface area (Å²) in [6.45, 7) is 4.65. The molecule has 2 aromatic carbocycles. The number of nitrogens with zero attached hydrogens (tertiary/aromatic N) is 5. The van der Waals surface area contributed by atoms with Crippen LogP contribution in [0, 0.1) is 6.92 Å². The Kier molecular flexibility index (Phi) is 10.4. The number of rotatable bonds is 6. The second-order valence-electron chi connectivity index (χ2n) is 10.7. The van der Waals surface area contributed by atoms with Crippen LogP contribution in [0.1, 0.15) is 26.3 Å². The minimum Gasteiger partial charge on any atom is -0.496 e. The van der Waals surface area contributed by atoms with Crippen molar-refractivity contribution in [1.82, 2.24) is 14.9 Å². The highest BCUT2D eigenvalue weighted by Gasteiger charge is 2.30. The van der Waals surface area contributed by atoms with Crippen LogP contribution in [0.2, 0.25) is 5.02 Å². The first kappa shape index (κ1) is 33.0. The van der Waals surface area contributed by atoms with Gasteiger partial charge in [-0.05, 0) is 55.5 Å². The van der Waals surface area contributed by atoms with Crippen molar-refractivity contribution in [2.45, 2.75) is 6.92 Å². The van der Waals surface area contributed by atoms with Crippen molar-refractivity contribution in [3.05, 3.63) is 94.6 Å². The lowest BCUT2D eigenvalue weighted by molar-refractivity contribution is -0.115. The molecule has 0 unspecified atom stereocenters. The molecule has 244 valence electrons. The highest BCUT2D eigenvalue weighted by atomic mass is 35.5. The van der Waals surface area contributed by atoms with E-state index in [-0.39, 0.29) is 24.3 Å². The molecule has 12 nitrogen and oxygen atoms in total. The van der Waals surface area contributed by atoms with Crippen LogP contribution >= 0.6 is 11.6 Å². The molecule has 6 rings (SSSR count). The highest BCUT2D eigenvalue weighted by Crippen LogP contribution is 2.31. The number of hydrogen-bond acceptors (Lipinski definition) is 9. The van der Waals surface area contributed by atoms with Crippen molar-refractivity contribution in [2.75, 3.05) is 69.2 Å². The lowest BCUT2D eigenvalue weighted by Gasteiger charge is -2.35. The Morgan fingerprint density at radius 1 is 0.830 bits per heavy atom. The second-order valence-corrected chi connectivity index (χ2v) is 11.1. The number of hydrogen-bond donors (Lipinski definition) is 1. The number of nitrogens with one attached hydrogen (secondary N) is 1. The maximum Gasteiger partial charge on any atom is 0.262 e. The second kappa shape index (κ2) is 14.8. The van der Waals surface area contributed by atoms with Gasteiger partial charge in [0.1, 0.15) is 23.9 Å². The predicted molar refractivity (Wildman–Crippen MR) is 179 cm³/mol. The minimum absolute atomic E-state index is 0.0128. The average Bonchev–Trinajstić information content (AvgIpc) is 3.11. The predicted octanol–water partition coefficient (Wildman–Crippen LogP) is 4.71. The van der Waals surface area contributed by atoms with Gasteiger partial charge in [0.05, 0.1) is 38.1 Å². The summed E-state index contributed by atoms with van der Waals surface area (Å²) in [5.41, 5.74) is 2.49. The molecule has 1 saturated heterocycles. The number of halogens is 1. The van der Waals surface area contributed by atoms with Crippen molar-refractivity contribution in [2.24, 2.45) is 0 Å². The van der Waals surface area contributed by atoms with E-state index in [1.807, 2.05) is 48.2 Å². The van der Waals surface area contributed by atoms with Gasteiger partial charge in [0, 0.05) is 43.5 Å². The van der Waals surface area contributed by atoms with Crippen LogP contribution in [0.4, 0.5) is 17.3 Å². The van der Waals surface area contributed by atoms with Gasteiger partial charge >= 0.3 is 0 Å². The molecule has 0 radical (unpaired) electrons. The molecule has 0 bridgehead atoms. The monoisotopic (exact) mass is 658 g/mol. The molecule has 0 spiro atoms. The molecule has 1 N–H and O–H groups in total. The third-order valence-corrected chi connectivity index (χ3v) is 7.90. The third-order valence-electron chi connectivity index (χ3n) is 7.67. The van der Waals surface area contributed by atoms with Crippen LogP contribution in [-0.4, -0.2) is 86.6 Å². The Morgan fingerprint density at radius 3 is 2.23 bits per heavy atom. The molecule has 4 heterocycles. The number of anilines is 3. The molecule has 47 heavy (non-hydrogen) atoms. The van der Waals surface area contributed by atoms with Crippen LogP contribution in [0.25, 0.3) is 0 Å². The Morgan fingerprint density at radius 2 is 1.53 bits per heavy atom. The molecular weight excluding hydrogens is 624 g/mol. The summed E-state index contributed by atoms with van der Waals surface area (Å²) < 4.78 is 15.7. The number of carbonyl (C=O) groups excluding carboxylic acids is 3. The molecular formula is C34H35ClN6O6. The molecule has 2 aromatic heterocycles. The van der Waals surface area contributed by atoms with Crippen LogP contribution in [0.15, 0.2) is 72.9 Å². The quantitative estimate of drug-likeness (QED) is 0.313. The van der Waals surface area contributed by atoms with Gasteiger partial charge < -0.3 is 29.3 Å². The normalized spacial score (nSPS) is 13.9. The van der Waals surface area contributed by atoms with E-state index in [0.29, 0.717) is 58.1 Å². The van der Waals surface area contributed by atoms with Gasteiger partial charge in [0.2, 0.25) is 11.8 Å². The Balaban J connectivity index is 0.000000186. The zero-order chi connectivity index (χ0) is 33.5. The van der Waals surface area contributed by atoms with Crippen molar-refractivity contribution in [3.8, 4) is 17.4 Å². The van der Waals surface area contributed by atoms with E-state index in [4.69, 9.17) is 25.8 Å². The third kappa shape index (κ3) is 7.55. The average molecular weight is 659 g/mol. The lowest BCUT2D eigenvalue weighted by atomic mass is 10.1. The molecule has 2 aliphatic rings. The Bertz CT molecular complexity index is 1780. The van der Waals surface area contributed by atoms with Crippen molar-refractivity contribution < 1.29 is 28.6 Å². The van der Waals surface area contributed by atoms with Crippen LogP contribution in [-0.2, 0) is 4.79 Å². The molecule has 4 aromatic rings. The minimum atomic E-state index is -0.372. The van der Waals surface area contributed by atoms with Gasteiger partial charge in [-0.3, -0.25) is 19.3 Å². The standard InChI is InChI=1S/C19H23N3O3.C15H12ClN3O3/c1-14-7-8-16(24-2)15(13-14)19(23)22-11-9-21(10-12-22)17-5-4-6-18(20-17)25-3;1-22-12-5-4-9(16)7-10(12)15(21)19-8-13(20)18-14-11(19)3-2-6-17-14/h4-8,13H,9-12H2,1-3H3;2-7H,8H2,1H3,(H,17,18,20). The van der Waals surface area contributed by atoms with Gasteiger partial charge in [-0.15, -0.1) is 0 Å². The number of carbonyl (C=O) groups is 3. The highest BCUT2D eigenvalue weighted by molar-refractivity contribution is 6.31. The number of aromatic nitrogens is 2. The summed E-state index contributed by atoms with van der Waals surface area (Å²) in [6.07, 6.45) is 1.55. The van der Waals surface area contributed by atoms with Gasteiger partial charge in [0.25, 0.3) is 11.8 Å². The van der Waals surface area contributed by atoms with E-state index < -0.39 is 0 Å². The van der Waals surface area contributed by atoms with E-state index in [2.05, 4.69) is 20.2 Å². The Hall–Kier alpha value is -5.36. The number of pyridine rings is 2. The van der Waals surface area contributed by atoms with Gasteiger partial charge in [-0.25, -0.2) is 4.98 Å². The summed E-state index contributed by atoms with van der Waals surface area (Å²) in [7, 11) is 4.67. The van der Waals surface area contributed by atoms with Crippen molar-refractivity contribution in [3.63, 3.8) is 0 Å². The van der Waals surface area contributed by atoms with Crippen LogP contribution < -0.4 is 29.3 Å². The van der Waals surface area contributed by atoms with Gasteiger partial charge in [-0.1, -0.05) is 29.3 Å². The number of methoxy groups -OCH3 is 3. The maximum atomic E-state index is 12.9. The van der Waals surface area contributed by atoms with E-state index >= 15 is 0 Å². The molecule has 13 heteroatoms. The zero-order valence-corrected chi connectivity index (χ0v) is 27.3. The summed E-state index contributed by atoms with van der Waals surface area (Å²) in [6, 6.07) is 19.6. The van der Waals surface area contributed by atoms with Crippen LogP contribution in [0.5, 0.6) is 17.4 Å². The fraction of sp³-hybridized carbons (Fsp3) is 0.265. The Labute approximate surface area is 277 Å². The van der Waals surface area contributed by atoms with Gasteiger partial charge in [0.15, 0.2) is 5.82 Å². The number of aryl methyl sites for hydroxylation is 1. The molecule has 3 amide bonds. The van der Waals surface area contributed by atoms with Crippen LogP contribution in [0.3, 0.4) is 0 Å². The number of ether oxygens (including phenoxy) is 3. The number of piperazine rings is 1. The first-order chi connectivity index (χ1) is 22.7. The molecule has 0 atom stereocenters. The molecule has 0 aliphatic carbocycles. The fourth-order valence-corrected chi connectivity index (χ4v) is 5.45. The molecule has 1 fully saturated rings. The fourth-order valence-electron chi connectivity index (χ4n) is 5.28. The summed E-state index contributed by atoms with van der Waals surface area (Å²) in [5, 5.41) is 3.05. The zero-order valence-electron chi connectivity index (χ0n) is 26.5. The SMILES string of the molecule is COc1ccc(Cl)cc1C(=O)N1CC(=O)Nc2ncccc21.COc1cccc(N2CCN(C(=O)c3cc(C)ccc3OC)CC2)n1. The summed E-state index contributed by atoms with van der Waals surface area (Å²) >= 11 is 5.97. The smallest absolute Gasteiger partial charge is 0.262 e. The summed E-state index contributed by atoms with van der Waals surface area (Å²) in [4.78, 5) is 51.4. The number of fused-ring (bicyclic) bond motifs is 1. The maximum absolute atomic E-state index is 12.9. The largest absolute Gasteiger partial charge is 0.496 e. The lowest BCUT2D eigenvalue weighted by Crippen LogP contribution is -2.49. The number of amides is 3. The van der Waals surface area contributed by atoms with E-state index in [1.54, 1.807) is 44.7 Å². The van der Waals surface area contributed by atoms with Gasteiger partial charge in [-0.2, -0.15) is 4.98 Å². The first-order valence-electron chi connectivity index (χ1n) is 14.8.